The van der Waals surface area contributed by atoms with E-state index in [2.05, 4.69) is 47.8 Å². The zero-order valence-corrected chi connectivity index (χ0v) is 15.0. The van der Waals surface area contributed by atoms with Crippen LogP contribution < -0.4 is 5.73 Å². The van der Waals surface area contributed by atoms with Gasteiger partial charge in [-0.1, -0.05) is 11.6 Å². The van der Waals surface area contributed by atoms with Crippen LogP contribution in [0.4, 0.5) is 4.39 Å². The van der Waals surface area contributed by atoms with Gasteiger partial charge in [0.05, 0.1) is 14.9 Å². The maximum atomic E-state index is 13.9. The standard InChI is InChI=1S/C11H6Br3ClFNS/c12-5-2-8(16)4(1-7(5)15)10(17)9-3-6(13)11(14)18-9/h1-3,10H,17H2. The first-order valence-corrected chi connectivity index (χ1v) is 8.32. The molecule has 0 saturated carbocycles. The van der Waals surface area contributed by atoms with Crippen LogP contribution in [0, 0.1) is 5.82 Å². The minimum absolute atomic E-state index is 0.376. The Bertz CT molecular complexity index is 583. The molecule has 1 aromatic heterocycles. The van der Waals surface area contributed by atoms with Gasteiger partial charge in [0, 0.05) is 19.4 Å². The Morgan fingerprint density at radius 2 is 1.83 bits per heavy atom. The highest BCUT2D eigenvalue weighted by Gasteiger charge is 2.18. The summed E-state index contributed by atoms with van der Waals surface area (Å²) in [4.78, 5) is 0.853. The number of rotatable bonds is 2. The fourth-order valence-electron chi connectivity index (χ4n) is 1.45. The molecule has 1 atom stereocenters. The predicted octanol–water partition coefficient (Wildman–Crippen LogP) is 5.88. The van der Waals surface area contributed by atoms with Crippen molar-refractivity contribution in [2.45, 2.75) is 6.04 Å². The van der Waals surface area contributed by atoms with Crippen molar-refractivity contribution in [2.75, 3.05) is 0 Å². The van der Waals surface area contributed by atoms with Crippen molar-refractivity contribution >= 4 is 70.7 Å². The van der Waals surface area contributed by atoms with Gasteiger partial charge in [-0.3, -0.25) is 0 Å². The molecule has 0 bridgehead atoms. The van der Waals surface area contributed by atoms with Crippen molar-refractivity contribution in [1.29, 1.82) is 0 Å². The van der Waals surface area contributed by atoms with Crippen LogP contribution in [-0.4, -0.2) is 0 Å². The number of halogens is 5. The summed E-state index contributed by atoms with van der Waals surface area (Å²) in [5, 5.41) is 0.441. The van der Waals surface area contributed by atoms with Crippen LogP contribution in [0.3, 0.4) is 0 Å². The Morgan fingerprint density at radius 1 is 1.17 bits per heavy atom. The number of nitrogens with two attached hydrogens (primary N) is 1. The van der Waals surface area contributed by atoms with Crippen molar-refractivity contribution < 1.29 is 4.39 Å². The van der Waals surface area contributed by atoms with E-state index in [0.29, 0.717) is 15.1 Å². The minimum atomic E-state index is -0.539. The predicted molar refractivity (Wildman–Crippen MR) is 84.9 cm³/mol. The van der Waals surface area contributed by atoms with E-state index in [1.165, 1.54) is 17.4 Å². The van der Waals surface area contributed by atoms with Crippen molar-refractivity contribution in [2.24, 2.45) is 5.73 Å². The lowest BCUT2D eigenvalue weighted by molar-refractivity contribution is 0.600. The van der Waals surface area contributed by atoms with E-state index >= 15 is 0 Å². The summed E-state index contributed by atoms with van der Waals surface area (Å²) in [6.45, 7) is 0. The molecular formula is C11H6Br3ClFNS. The van der Waals surface area contributed by atoms with Gasteiger partial charge in [0.2, 0.25) is 0 Å². The third-order valence-corrected chi connectivity index (χ3v) is 6.88. The summed E-state index contributed by atoms with van der Waals surface area (Å²) in [5.41, 5.74) is 6.45. The summed E-state index contributed by atoms with van der Waals surface area (Å²) in [6, 6.07) is 4.21. The molecule has 0 aliphatic carbocycles. The first kappa shape index (κ1) is 14.9. The van der Waals surface area contributed by atoms with Gasteiger partial charge in [0.1, 0.15) is 5.82 Å². The van der Waals surface area contributed by atoms with Crippen LogP contribution in [0.15, 0.2) is 30.9 Å². The van der Waals surface area contributed by atoms with Crippen LogP contribution in [-0.2, 0) is 0 Å². The van der Waals surface area contributed by atoms with Gasteiger partial charge in [-0.05, 0) is 66.0 Å². The Morgan fingerprint density at radius 3 is 2.39 bits per heavy atom. The molecule has 0 fully saturated rings. The van der Waals surface area contributed by atoms with Crippen LogP contribution >= 0.6 is 70.7 Å². The van der Waals surface area contributed by atoms with Crippen molar-refractivity contribution in [3.63, 3.8) is 0 Å². The van der Waals surface area contributed by atoms with E-state index in [0.717, 1.165) is 13.1 Å². The molecule has 96 valence electrons. The highest BCUT2D eigenvalue weighted by Crippen LogP contribution is 2.38. The monoisotopic (exact) mass is 475 g/mol. The average Bonchev–Trinajstić information content (AvgIpc) is 2.63. The molecule has 1 nitrogen and oxygen atoms in total. The Kier molecular flexibility index (Phi) is 4.89. The molecule has 2 aromatic rings. The lowest BCUT2D eigenvalue weighted by atomic mass is 10.1. The van der Waals surface area contributed by atoms with Gasteiger partial charge in [-0.25, -0.2) is 4.39 Å². The second-order valence-electron chi connectivity index (χ2n) is 3.54. The molecule has 1 heterocycles. The van der Waals surface area contributed by atoms with Gasteiger partial charge >= 0.3 is 0 Å². The summed E-state index contributed by atoms with van der Waals surface area (Å²) >= 11 is 17.4. The quantitative estimate of drug-likeness (QED) is 0.537. The first-order valence-electron chi connectivity index (χ1n) is 4.75. The number of benzene rings is 1. The normalized spacial score (nSPS) is 12.8. The zero-order chi connectivity index (χ0) is 13.4. The van der Waals surface area contributed by atoms with Crippen molar-refractivity contribution in [3.8, 4) is 0 Å². The van der Waals surface area contributed by atoms with E-state index in [4.69, 9.17) is 17.3 Å². The molecule has 0 aliphatic heterocycles. The number of thiophene rings is 1. The van der Waals surface area contributed by atoms with Crippen LogP contribution in [0.25, 0.3) is 0 Å². The van der Waals surface area contributed by atoms with E-state index in [-0.39, 0.29) is 5.82 Å². The van der Waals surface area contributed by atoms with E-state index < -0.39 is 6.04 Å². The number of hydrogen-bond acceptors (Lipinski definition) is 2. The topological polar surface area (TPSA) is 26.0 Å². The molecule has 0 saturated heterocycles. The second kappa shape index (κ2) is 5.89. The maximum absolute atomic E-state index is 13.9. The SMILES string of the molecule is NC(c1cc(Br)c(Br)s1)c1cc(Cl)c(Br)cc1F. The Hall–Kier alpha value is 0.540. The van der Waals surface area contributed by atoms with Gasteiger partial charge in [0.15, 0.2) is 0 Å². The van der Waals surface area contributed by atoms with Gasteiger partial charge in [-0.15, -0.1) is 11.3 Å². The van der Waals surface area contributed by atoms with Crippen molar-refractivity contribution in [3.05, 3.63) is 52.2 Å². The molecule has 0 radical (unpaired) electrons. The highest BCUT2D eigenvalue weighted by atomic mass is 79.9. The third kappa shape index (κ3) is 2.99. The molecule has 2 rings (SSSR count). The van der Waals surface area contributed by atoms with Gasteiger partial charge in [0.25, 0.3) is 0 Å². The van der Waals surface area contributed by atoms with Gasteiger partial charge < -0.3 is 5.73 Å². The average molecular weight is 478 g/mol. The molecule has 1 unspecified atom stereocenters. The molecule has 0 amide bonds. The minimum Gasteiger partial charge on any atom is -0.320 e. The van der Waals surface area contributed by atoms with Crippen LogP contribution in [0.1, 0.15) is 16.5 Å². The largest absolute Gasteiger partial charge is 0.320 e. The molecule has 0 aliphatic rings. The van der Waals surface area contributed by atoms with E-state index in [9.17, 15) is 4.39 Å². The summed E-state index contributed by atoms with van der Waals surface area (Å²) in [6.07, 6.45) is 0. The van der Waals surface area contributed by atoms with Crippen molar-refractivity contribution in [1.82, 2.24) is 0 Å². The van der Waals surface area contributed by atoms with E-state index in [1.54, 1.807) is 6.07 Å². The first-order chi connectivity index (χ1) is 8.40. The highest BCUT2D eigenvalue weighted by molar-refractivity contribution is 9.13. The fourth-order valence-corrected chi connectivity index (χ4v) is 4.04. The van der Waals surface area contributed by atoms with E-state index in [1.807, 2.05) is 6.07 Å². The lowest BCUT2D eigenvalue weighted by Gasteiger charge is -2.12. The smallest absolute Gasteiger partial charge is 0.129 e. The summed E-state index contributed by atoms with van der Waals surface area (Å²) in [5.74, 6) is -0.376. The second-order valence-corrected chi connectivity index (χ2v) is 8.05. The molecule has 0 spiro atoms. The molecule has 1 aromatic carbocycles. The third-order valence-electron chi connectivity index (χ3n) is 2.35. The Labute approximate surface area is 138 Å². The summed E-state index contributed by atoms with van der Waals surface area (Å²) < 4.78 is 16.2. The maximum Gasteiger partial charge on any atom is 0.129 e. The number of hydrogen-bond donors (Lipinski definition) is 1. The summed E-state index contributed by atoms with van der Waals surface area (Å²) in [7, 11) is 0. The molecule has 18 heavy (non-hydrogen) atoms. The molecular weight excluding hydrogens is 472 g/mol. The van der Waals surface area contributed by atoms with Crippen LogP contribution in [0.2, 0.25) is 5.02 Å². The fraction of sp³-hybridized carbons (Fsp3) is 0.0909. The molecule has 7 heteroatoms. The zero-order valence-electron chi connectivity index (χ0n) is 8.68. The van der Waals surface area contributed by atoms with Crippen LogP contribution in [0.5, 0.6) is 0 Å². The Balaban J connectivity index is 2.45. The van der Waals surface area contributed by atoms with Gasteiger partial charge in [-0.2, -0.15) is 0 Å². The molecule has 2 N–H and O–H groups in total. The lowest BCUT2D eigenvalue weighted by Crippen LogP contribution is -2.12.